The van der Waals surface area contributed by atoms with Gasteiger partial charge in [-0.2, -0.15) is 0 Å². The summed E-state index contributed by atoms with van der Waals surface area (Å²) in [5.74, 6) is -1.48. The Morgan fingerprint density at radius 2 is 1.59 bits per heavy atom. The molecule has 0 unspecified atom stereocenters. The van der Waals surface area contributed by atoms with E-state index in [-0.39, 0.29) is 38.4 Å². The minimum absolute atomic E-state index is 0.0489. The number of hydrogen-bond acceptors (Lipinski definition) is 6. The number of rotatable bonds is 3. The summed E-state index contributed by atoms with van der Waals surface area (Å²) < 4.78 is 10.7. The summed E-state index contributed by atoms with van der Waals surface area (Å²) in [5.41, 5.74) is 0.830. The molecule has 0 aliphatic carbocycles. The zero-order valence-electron chi connectivity index (χ0n) is 16.2. The van der Waals surface area contributed by atoms with E-state index < -0.39 is 17.8 Å². The Hall–Kier alpha value is -4.23. The van der Waals surface area contributed by atoms with Crippen molar-refractivity contribution in [1.82, 2.24) is 0 Å². The molecule has 0 fully saturated rings. The number of ether oxygens (including phenoxy) is 1. The van der Waals surface area contributed by atoms with Gasteiger partial charge in [0.1, 0.15) is 22.6 Å². The number of hydrogen-bond donors (Lipinski definition) is 0. The smallest absolute Gasteiger partial charge is 0.343 e. The first-order valence-electron chi connectivity index (χ1n) is 9.45. The maximum Gasteiger partial charge on any atom is 0.343 e. The normalized spacial score (nSPS) is 12.8. The van der Waals surface area contributed by atoms with Gasteiger partial charge in [-0.25, -0.2) is 9.69 Å². The van der Waals surface area contributed by atoms with E-state index in [9.17, 15) is 19.2 Å². The molecule has 0 saturated heterocycles. The molecule has 32 heavy (non-hydrogen) atoms. The van der Waals surface area contributed by atoms with Crippen molar-refractivity contribution in [3.8, 4) is 5.75 Å². The maximum absolute atomic E-state index is 12.7. The van der Waals surface area contributed by atoms with E-state index in [4.69, 9.17) is 20.8 Å². The highest BCUT2D eigenvalue weighted by atomic mass is 35.5. The lowest BCUT2D eigenvalue weighted by Crippen LogP contribution is -2.29. The Labute approximate surface area is 185 Å². The van der Waals surface area contributed by atoms with Crippen LogP contribution in [0, 0.1) is 0 Å². The predicted octanol–water partition coefficient (Wildman–Crippen LogP) is 4.47. The van der Waals surface area contributed by atoms with Crippen molar-refractivity contribution in [3.05, 3.63) is 105 Å². The van der Waals surface area contributed by atoms with Crippen LogP contribution < -0.4 is 15.1 Å². The number of carbonyl (C=O) groups excluding carboxylic acids is 3. The van der Waals surface area contributed by atoms with Gasteiger partial charge in [-0.3, -0.25) is 14.4 Å². The molecular weight excluding hydrogens is 434 g/mol. The summed E-state index contributed by atoms with van der Waals surface area (Å²) in [6.07, 6.45) is 1.11. The maximum atomic E-state index is 12.7. The number of fused-ring (bicyclic) bond motifs is 2. The zero-order valence-corrected chi connectivity index (χ0v) is 17.0. The number of halogens is 1. The largest absolute Gasteiger partial charge is 0.462 e. The number of benzene rings is 3. The standard InChI is InChI=1S/C24H12ClNO6/c25-19-12-31-20-11-15(8-9-18(20)21(19)27)32-24(30)13-4-3-5-14(10-13)26-22(28)16-6-1-2-7-17(16)23(26)29/h1-12H. The van der Waals surface area contributed by atoms with Crippen LogP contribution in [0.3, 0.4) is 0 Å². The number of nitrogens with zero attached hydrogens (tertiary/aromatic N) is 1. The topological polar surface area (TPSA) is 93.9 Å². The van der Waals surface area contributed by atoms with Gasteiger partial charge in [0.2, 0.25) is 5.43 Å². The average molecular weight is 446 g/mol. The highest BCUT2D eigenvalue weighted by Gasteiger charge is 2.36. The minimum atomic E-state index is -0.709. The molecule has 0 atom stereocenters. The molecule has 4 aromatic rings. The molecular formula is C24H12ClNO6. The van der Waals surface area contributed by atoms with Crippen molar-refractivity contribution in [2.24, 2.45) is 0 Å². The lowest BCUT2D eigenvalue weighted by molar-refractivity contribution is 0.0733. The van der Waals surface area contributed by atoms with Gasteiger partial charge in [0, 0.05) is 6.07 Å². The van der Waals surface area contributed by atoms with Gasteiger partial charge in [-0.1, -0.05) is 29.8 Å². The van der Waals surface area contributed by atoms with Crippen LogP contribution in [0.15, 0.2) is 82.2 Å². The third-order valence-electron chi connectivity index (χ3n) is 5.05. The number of anilines is 1. The van der Waals surface area contributed by atoms with Crippen LogP contribution in [0.25, 0.3) is 11.0 Å². The van der Waals surface area contributed by atoms with Crippen molar-refractivity contribution < 1.29 is 23.5 Å². The summed E-state index contributed by atoms with van der Waals surface area (Å²) in [6, 6.07) is 16.9. The Bertz CT molecular complexity index is 1470. The number of imide groups is 1. The highest BCUT2D eigenvalue weighted by molar-refractivity contribution is 6.34. The predicted molar refractivity (Wildman–Crippen MR) is 116 cm³/mol. The number of carbonyl (C=O) groups is 3. The van der Waals surface area contributed by atoms with Crippen molar-refractivity contribution >= 4 is 46.0 Å². The minimum Gasteiger partial charge on any atom is -0.462 e. The molecule has 5 rings (SSSR count). The molecule has 2 heterocycles. The molecule has 2 amide bonds. The van der Waals surface area contributed by atoms with Crippen LogP contribution in [-0.4, -0.2) is 17.8 Å². The molecule has 0 N–H and O–H groups in total. The van der Waals surface area contributed by atoms with Gasteiger partial charge in [-0.15, -0.1) is 0 Å². The SMILES string of the molecule is O=C(Oc1ccc2c(=O)c(Cl)coc2c1)c1cccc(N2C(=O)c3ccccc3C2=O)c1. The molecule has 1 aliphatic heterocycles. The van der Waals surface area contributed by atoms with Crippen LogP contribution in [0.2, 0.25) is 5.02 Å². The monoisotopic (exact) mass is 445 g/mol. The molecule has 156 valence electrons. The van der Waals surface area contributed by atoms with E-state index in [1.807, 2.05) is 0 Å². The van der Waals surface area contributed by atoms with Gasteiger partial charge < -0.3 is 9.15 Å². The van der Waals surface area contributed by atoms with Gasteiger partial charge in [0.05, 0.1) is 27.8 Å². The van der Waals surface area contributed by atoms with Crippen molar-refractivity contribution in [3.63, 3.8) is 0 Å². The third kappa shape index (κ3) is 3.16. The summed E-state index contributed by atoms with van der Waals surface area (Å²) in [4.78, 5) is 51.1. The Morgan fingerprint density at radius 1 is 0.875 bits per heavy atom. The van der Waals surface area contributed by atoms with E-state index >= 15 is 0 Å². The first-order chi connectivity index (χ1) is 15.4. The lowest BCUT2D eigenvalue weighted by Gasteiger charge is -2.14. The molecule has 7 nitrogen and oxygen atoms in total. The Balaban J connectivity index is 1.43. The Morgan fingerprint density at radius 3 is 2.31 bits per heavy atom. The van der Waals surface area contributed by atoms with E-state index in [1.54, 1.807) is 36.4 Å². The summed E-state index contributed by atoms with van der Waals surface area (Å²) in [5, 5.41) is 0.206. The van der Waals surface area contributed by atoms with E-state index in [2.05, 4.69) is 0 Å². The van der Waals surface area contributed by atoms with E-state index in [0.29, 0.717) is 11.1 Å². The number of amides is 2. The van der Waals surface area contributed by atoms with Crippen LogP contribution in [-0.2, 0) is 0 Å². The first kappa shape index (κ1) is 19.7. The highest BCUT2D eigenvalue weighted by Crippen LogP contribution is 2.29. The van der Waals surface area contributed by atoms with Gasteiger partial charge >= 0.3 is 5.97 Å². The fraction of sp³-hybridized carbons (Fsp3) is 0. The van der Waals surface area contributed by atoms with Gasteiger partial charge in [-0.05, 0) is 42.5 Å². The second-order valence-corrected chi connectivity index (χ2v) is 7.41. The molecule has 8 heteroatoms. The lowest BCUT2D eigenvalue weighted by atomic mass is 10.1. The molecule has 1 aliphatic rings. The second kappa shape index (κ2) is 7.47. The quantitative estimate of drug-likeness (QED) is 0.262. The fourth-order valence-electron chi connectivity index (χ4n) is 3.51. The summed E-state index contributed by atoms with van der Waals surface area (Å²) >= 11 is 5.77. The zero-order chi connectivity index (χ0) is 22.4. The molecule has 0 saturated carbocycles. The van der Waals surface area contributed by atoms with Crippen LogP contribution in [0.1, 0.15) is 31.1 Å². The van der Waals surface area contributed by atoms with Crippen LogP contribution in [0.5, 0.6) is 5.75 Å². The number of esters is 1. The molecule has 3 aromatic carbocycles. The average Bonchev–Trinajstić information content (AvgIpc) is 3.06. The van der Waals surface area contributed by atoms with Gasteiger partial charge in [0.25, 0.3) is 11.8 Å². The molecule has 0 spiro atoms. The summed E-state index contributed by atoms with van der Waals surface area (Å²) in [7, 11) is 0. The first-order valence-corrected chi connectivity index (χ1v) is 9.83. The van der Waals surface area contributed by atoms with Crippen molar-refractivity contribution in [1.29, 1.82) is 0 Å². The molecule has 1 aromatic heterocycles. The molecule has 0 radical (unpaired) electrons. The van der Waals surface area contributed by atoms with Crippen molar-refractivity contribution in [2.45, 2.75) is 0 Å². The summed E-state index contributed by atoms with van der Waals surface area (Å²) in [6.45, 7) is 0. The fourth-order valence-corrected chi connectivity index (χ4v) is 3.66. The van der Waals surface area contributed by atoms with Crippen LogP contribution >= 0.6 is 11.6 Å². The Kier molecular flexibility index (Phi) is 4.61. The molecule has 0 bridgehead atoms. The second-order valence-electron chi connectivity index (χ2n) is 7.00. The van der Waals surface area contributed by atoms with Crippen molar-refractivity contribution in [2.75, 3.05) is 4.90 Å². The van der Waals surface area contributed by atoms with Gasteiger partial charge in [0.15, 0.2) is 0 Å². The van der Waals surface area contributed by atoms with E-state index in [0.717, 1.165) is 11.2 Å². The van der Waals surface area contributed by atoms with Crippen LogP contribution in [0.4, 0.5) is 5.69 Å². The van der Waals surface area contributed by atoms with E-state index in [1.165, 1.54) is 30.3 Å². The third-order valence-corrected chi connectivity index (χ3v) is 5.31.